The molecule has 6 nitrogen and oxygen atoms in total. The van der Waals surface area contributed by atoms with Crippen LogP contribution in [0.5, 0.6) is 0 Å². The van der Waals surface area contributed by atoms with Crippen molar-refractivity contribution in [1.29, 1.82) is 0 Å². The fourth-order valence-electron chi connectivity index (χ4n) is 0.946. The number of carboxylic acids is 1. The van der Waals surface area contributed by atoms with Gasteiger partial charge in [0.05, 0.1) is 46.1 Å². The Morgan fingerprint density at radius 1 is 0.944 bits per heavy atom. The highest BCUT2D eigenvalue weighted by atomic mass is 32.2. The first kappa shape index (κ1) is 17.4. The molecule has 0 aromatic carbocycles. The standard InChI is InChI=1S/C11H20O6S/c1-10(12)18-9-8-17-7-6-16-5-4-15-3-2-11(13)14/h2-9H2,1H3,(H,13,14). The van der Waals surface area contributed by atoms with Crippen molar-refractivity contribution in [3.8, 4) is 0 Å². The molecular formula is C11H20O6S. The molecule has 0 aromatic heterocycles. The number of hydrogen-bond acceptors (Lipinski definition) is 6. The minimum Gasteiger partial charge on any atom is -0.481 e. The quantitative estimate of drug-likeness (QED) is 0.529. The van der Waals surface area contributed by atoms with Gasteiger partial charge in [-0.1, -0.05) is 11.8 Å². The zero-order valence-corrected chi connectivity index (χ0v) is 11.4. The lowest BCUT2D eigenvalue weighted by atomic mass is 10.5. The van der Waals surface area contributed by atoms with E-state index in [0.717, 1.165) is 0 Å². The van der Waals surface area contributed by atoms with Crippen molar-refractivity contribution in [2.45, 2.75) is 13.3 Å². The third-order valence-corrected chi connectivity index (χ3v) is 2.51. The molecule has 0 unspecified atom stereocenters. The van der Waals surface area contributed by atoms with Crippen molar-refractivity contribution in [1.82, 2.24) is 0 Å². The van der Waals surface area contributed by atoms with Gasteiger partial charge in [0.25, 0.3) is 0 Å². The molecule has 0 bridgehead atoms. The lowest BCUT2D eigenvalue weighted by Gasteiger charge is -2.05. The Morgan fingerprint density at radius 3 is 1.94 bits per heavy atom. The number of hydrogen-bond donors (Lipinski definition) is 1. The van der Waals surface area contributed by atoms with Gasteiger partial charge < -0.3 is 19.3 Å². The topological polar surface area (TPSA) is 82.1 Å². The highest BCUT2D eigenvalue weighted by Crippen LogP contribution is 1.99. The van der Waals surface area contributed by atoms with Crippen LogP contribution in [0, 0.1) is 0 Å². The lowest BCUT2D eigenvalue weighted by molar-refractivity contribution is -0.138. The summed E-state index contributed by atoms with van der Waals surface area (Å²) in [5.41, 5.74) is 0. The van der Waals surface area contributed by atoms with Gasteiger partial charge in [-0.25, -0.2) is 0 Å². The van der Waals surface area contributed by atoms with E-state index in [4.69, 9.17) is 19.3 Å². The number of thioether (sulfide) groups is 1. The summed E-state index contributed by atoms with van der Waals surface area (Å²) in [6.07, 6.45) is 0.0108. The van der Waals surface area contributed by atoms with E-state index in [1.807, 2.05) is 0 Å². The van der Waals surface area contributed by atoms with Crippen LogP contribution < -0.4 is 0 Å². The zero-order valence-electron chi connectivity index (χ0n) is 10.6. The maximum absolute atomic E-state index is 10.6. The lowest BCUT2D eigenvalue weighted by Crippen LogP contribution is -2.11. The molecule has 106 valence electrons. The SMILES string of the molecule is CC(=O)SCCOCCOCCOCCC(=O)O. The minimum absolute atomic E-state index is 0.0108. The second-order valence-corrected chi connectivity index (χ2v) is 4.59. The molecule has 0 atom stereocenters. The summed E-state index contributed by atoms with van der Waals surface area (Å²) >= 11 is 1.24. The van der Waals surface area contributed by atoms with E-state index in [1.54, 1.807) is 0 Å². The number of carbonyl (C=O) groups is 2. The van der Waals surface area contributed by atoms with E-state index in [1.165, 1.54) is 18.7 Å². The smallest absolute Gasteiger partial charge is 0.305 e. The summed E-state index contributed by atoms with van der Waals surface area (Å²) < 4.78 is 15.5. The van der Waals surface area contributed by atoms with Crippen molar-refractivity contribution in [3.05, 3.63) is 0 Å². The highest BCUT2D eigenvalue weighted by molar-refractivity contribution is 8.13. The monoisotopic (exact) mass is 280 g/mol. The number of aliphatic carboxylic acids is 1. The fraction of sp³-hybridized carbons (Fsp3) is 0.818. The average Bonchev–Trinajstić information content (AvgIpc) is 2.29. The molecule has 0 saturated carbocycles. The zero-order chi connectivity index (χ0) is 13.6. The van der Waals surface area contributed by atoms with Gasteiger partial charge in [0.2, 0.25) is 0 Å². The number of rotatable bonds is 12. The van der Waals surface area contributed by atoms with Gasteiger partial charge in [0.1, 0.15) is 0 Å². The van der Waals surface area contributed by atoms with Crippen molar-refractivity contribution in [3.63, 3.8) is 0 Å². The summed E-state index contributed by atoms with van der Waals surface area (Å²) in [5, 5.41) is 8.43. The Morgan fingerprint density at radius 2 is 1.44 bits per heavy atom. The van der Waals surface area contributed by atoms with Gasteiger partial charge in [0, 0.05) is 12.7 Å². The first-order chi connectivity index (χ1) is 8.63. The van der Waals surface area contributed by atoms with Crippen LogP contribution in [-0.4, -0.2) is 61.6 Å². The van der Waals surface area contributed by atoms with Gasteiger partial charge in [0.15, 0.2) is 5.12 Å². The molecule has 0 radical (unpaired) electrons. The van der Waals surface area contributed by atoms with E-state index in [-0.39, 0.29) is 18.1 Å². The number of ether oxygens (including phenoxy) is 3. The summed E-state index contributed by atoms with van der Waals surface area (Å²) in [4.78, 5) is 20.7. The van der Waals surface area contributed by atoms with Crippen molar-refractivity contribution in [2.75, 3.05) is 45.4 Å². The molecule has 0 heterocycles. The molecule has 0 amide bonds. The first-order valence-electron chi connectivity index (χ1n) is 5.71. The third-order valence-electron chi connectivity index (χ3n) is 1.74. The second kappa shape index (κ2) is 12.8. The molecule has 18 heavy (non-hydrogen) atoms. The van der Waals surface area contributed by atoms with Crippen LogP contribution >= 0.6 is 11.8 Å². The van der Waals surface area contributed by atoms with Gasteiger partial charge >= 0.3 is 5.97 Å². The van der Waals surface area contributed by atoms with E-state index < -0.39 is 5.97 Å². The predicted molar refractivity (Wildman–Crippen MR) is 67.8 cm³/mol. The maximum atomic E-state index is 10.6. The van der Waals surface area contributed by atoms with Crippen LogP contribution in [0.25, 0.3) is 0 Å². The van der Waals surface area contributed by atoms with Crippen molar-refractivity contribution < 1.29 is 28.9 Å². The van der Waals surface area contributed by atoms with Crippen LogP contribution in [0.1, 0.15) is 13.3 Å². The normalized spacial score (nSPS) is 10.5. The molecular weight excluding hydrogens is 260 g/mol. The average molecular weight is 280 g/mol. The first-order valence-corrected chi connectivity index (χ1v) is 6.70. The largest absolute Gasteiger partial charge is 0.481 e. The Kier molecular flexibility index (Phi) is 12.4. The minimum atomic E-state index is -0.868. The summed E-state index contributed by atoms with van der Waals surface area (Å²) in [7, 11) is 0. The fourth-order valence-corrected chi connectivity index (χ4v) is 1.43. The van der Waals surface area contributed by atoms with E-state index in [2.05, 4.69) is 0 Å². The molecule has 0 aliphatic heterocycles. The Labute approximate surface area is 111 Å². The highest BCUT2D eigenvalue weighted by Gasteiger charge is 1.97. The van der Waals surface area contributed by atoms with Gasteiger partial charge in [-0.2, -0.15) is 0 Å². The van der Waals surface area contributed by atoms with Crippen LogP contribution in [0.15, 0.2) is 0 Å². The molecule has 7 heteroatoms. The number of carbonyl (C=O) groups excluding carboxylic acids is 1. The Balaban J connectivity index is 2.99. The molecule has 0 spiro atoms. The summed E-state index contributed by atoms with van der Waals surface area (Å²) in [6.45, 7) is 4.01. The Bertz CT molecular complexity index is 210. The van der Waals surface area contributed by atoms with Crippen LogP contribution in [0.2, 0.25) is 0 Å². The van der Waals surface area contributed by atoms with E-state index in [9.17, 15) is 9.59 Å². The maximum Gasteiger partial charge on any atom is 0.305 e. The number of carboxylic acid groups (broad SMARTS) is 1. The van der Waals surface area contributed by atoms with Crippen LogP contribution in [0.3, 0.4) is 0 Å². The molecule has 0 aromatic rings. The third kappa shape index (κ3) is 15.4. The molecule has 0 fully saturated rings. The molecule has 0 saturated heterocycles. The van der Waals surface area contributed by atoms with Crippen molar-refractivity contribution in [2.24, 2.45) is 0 Å². The molecule has 0 aliphatic rings. The molecule has 1 N–H and O–H groups in total. The summed E-state index contributed by atoms with van der Waals surface area (Å²) in [6, 6.07) is 0. The van der Waals surface area contributed by atoms with E-state index in [0.29, 0.717) is 38.8 Å². The van der Waals surface area contributed by atoms with Crippen LogP contribution in [-0.2, 0) is 23.8 Å². The Hall–Kier alpha value is -0.630. The van der Waals surface area contributed by atoms with Gasteiger partial charge in [-0.15, -0.1) is 0 Å². The molecule has 0 rings (SSSR count). The van der Waals surface area contributed by atoms with Crippen LogP contribution in [0.4, 0.5) is 0 Å². The summed E-state index contributed by atoms with van der Waals surface area (Å²) in [5.74, 6) is -0.207. The van der Waals surface area contributed by atoms with Gasteiger partial charge in [-0.05, 0) is 0 Å². The second-order valence-electron chi connectivity index (χ2n) is 3.32. The molecule has 0 aliphatic carbocycles. The van der Waals surface area contributed by atoms with Crippen molar-refractivity contribution >= 4 is 22.8 Å². The van der Waals surface area contributed by atoms with Gasteiger partial charge in [-0.3, -0.25) is 9.59 Å². The predicted octanol–water partition coefficient (Wildman–Crippen LogP) is 0.791. The van der Waals surface area contributed by atoms with E-state index >= 15 is 0 Å².